The van der Waals surface area contributed by atoms with Crippen LogP contribution in [0.15, 0.2) is 53.3 Å². The zero-order chi connectivity index (χ0) is 20.9. The summed E-state index contributed by atoms with van der Waals surface area (Å²) in [4.78, 5) is 22.8. The van der Waals surface area contributed by atoms with E-state index in [4.69, 9.17) is 9.26 Å². The first-order valence-electron chi connectivity index (χ1n) is 9.94. The third-order valence-corrected chi connectivity index (χ3v) is 5.38. The summed E-state index contributed by atoms with van der Waals surface area (Å²) < 4.78 is 10.6. The molecule has 8 nitrogen and oxygen atoms in total. The van der Waals surface area contributed by atoms with Crippen LogP contribution in [0.1, 0.15) is 17.9 Å². The first-order chi connectivity index (χ1) is 14.6. The molecule has 0 unspecified atom stereocenters. The zero-order valence-electron chi connectivity index (χ0n) is 16.8. The van der Waals surface area contributed by atoms with Crippen molar-refractivity contribution in [1.29, 1.82) is 0 Å². The van der Waals surface area contributed by atoms with E-state index >= 15 is 0 Å². The summed E-state index contributed by atoms with van der Waals surface area (Å²) in [6.45, 7) is 0.892. The molecule has 1 N–H and O–H groups in total. The van der Waals surface area contributed by atoms with Gasteiger partial charge in [-0.1, -0.05) is 17.3 Å². The van der Waals surface area contributed by atoms with Crippen LogP contribution in [0.25, 0.3) is 11.4 Å². The third-order valence-electron chi connectivity index (χ3n) is 5.38. The first kappa shape index (κ1) is 20.0. The highest BCUT2D eigenvalue weighted by Gasteiger charge is 2.33. The number of amides is 1. The van der Waals surface area contributed by atoms with Gasteiger partial charge >= 0.3 is 0 Å². The van der Waals surface area contributed by atoms with Crippen molar-refractivity contribution in [2.24, 2.45) is 5.92 Å². The molecule has 1 aliphatic heterocycles. The van der Waals surface area contributed by atoms with Gasteiger partial charge in [0.1, 0.15) is 5.75 Å². The largest absolute Gasteiger partial charge is 0.496 e. The Kier molecular flexibility index (Phi) is 6.04. The number of methoxy groups -OCH3 is 1. The fourth-order valence-electron chi connectivity index (χ4n) is 3.75. The molecule has 0 radical (unpaired) electrons. The van der Waals surface area contributed by atoms with Gasteiger partial charge in [-0.25, -0.2) is 0 Å². The van der Waals surface area contributed by atoms with Gasteiger partial charge < -0.3 is 19.3 Å². The predicted molar refractivity (Wildman–Crippen MR) is 109 cm³/mol. The van der Waals surface area contributed by atoms with Gasteiger partial charge in [0.15, 0.2) is 0 Å². The number of carbonyl (C=O) groups excluding carboxylic acids is 1. The topological polar surface area (TPSA) is 102 Å². The molecule has 3 heterocycles. The van der Waals surface area contributed by atoms with Crippen molar-refractivity contribution >= 4 is 5.91 Å². The number of aliphatic hydroxyl groups excluding tert-OH is 1. The van der Waals surface area contributed by atoms with E-state index in [1.165, 1.54) is 0 Å². The number of rotatable bonds is 7. The average Bonchev–Trinajstić information content (AvgIpc) is 3.40. The van der Waals surface area contributed by atoms with Crippen molar-refractivity contribution in [2.75, 3.05) is 20.2 Å². The number of ether oxygens (including phenoxy) is 1. The maximum absolute atomic E-state index is 12.6. The Hall–Kier alpha value is -3.26. The third kappa shape index (κ3) is 4.49. The van der Waals surface area contributed by atoms with Crippen LogP contribution in [0.2, 0.25) is 0 Å². The second-order valence-corrected chi connectivity index (χ2v) is 7.40. The molecule has 2 atom stereocenters. The van der Waals surface area contributed by atoms with Gasteiger partial charge in [0.05, 0.1) is 18.8 Å². The number of benzene rings is 1. The summed E-state index contributed by atoms with van der Waals surface area (Å²) in [7, 11) is 1.59. The van der Waals surface area contributed by atoms with E-state index in [9.17, 15) is 9.90 Å². The smallest absolute Gasteiger partial charge is 0.227 e. The molecule has 2 aromatic heterocycles. The number of para-hydroxylation sites is 1. The Morgan fingerprint density at radius 2 is 2.03 bits per heavy atom. The molecular formula is C22H24N4O4. The Bertz CT molecular complexity index is 992. The summed E-state index contributed by atoms with van der Waals surface area (Å²) in [5, 5.41) is 14.4. The normalized spacial score (nSPS) is 18.5. The highest BCUT2D eigenvalue weighted by molar-refractivity contribution is 5.76. The number of carbonyl (C=O) groups is 1. The van der Waals surface area contributed by atoms with E-state index in [2.05, 4.69) is 15.1 Å². The predicted octanol–water partition coefficient (Wildman–Crippen LogP) is 2.13. The summed E-state index contributed by atoms with van der Waals surface area (Å²) in [5.74, 6) is 1.49. The van der Waals surface area contributed by atoms with Gasteiger partial charge in [-0.2, -0.15) is 4.98 Å². The van der Waals surface area contributed by atoms with Gasteiger partial charge in [0, 0.05) is 44.2 Å². The van der Waals surface area contributed by atoms with Crippen LogP contribution < -0.4 is 4.74 Å². The molecule has 4 rings (SSSR count). The Labute approximate surface area is 174 Å². The molecule has 3 aromatic rings. The van der Waals surface area contributed by atoms with E-state index in [1.807, 2.05) is 36.4 Å². The molecule has 30 heavy (non-hydrogen) atoms. The number of hydrogen-bond donors (Lipinski definition) is 1. The van der Waals surface area contributed by atoms with E-state index in [0.29, 0.717) is 37.0 Å². The molecular weight excluding hydrogens is 384 g/mol. The number of nitrogens with zero attached hydrogens (tertiary/aromatic N) is 4. The van der Waals surface area contributed by atoms with E-state index in [-0.39, 0.29) is 18.2 Å². The molecule has 0 aliphatic carbocycles. The molecule has 1 aromatic carbocycles. The van der Waals surface area contributed by atoms with Crippen molar-refractivity contribution in [1.82, 2.24) is 20.0 Å². The molecule has 1 saturated heterocycles. The van der Waals surface area contributed by atoms with Crippen LogP contribution in [0, 0.1) is 5.92 Å². The number of β-amino-alcohol motifs (C(OH)–C–C–N with tert-alkyl or cyclic N) is 1. The molecule has 0 saturated carbocycles. The molecule has 8 heteroatoms. The van der Waals surface area contributed by atoms with Crippen LogP contribution >= 0.6 is 0 Å². The number of pyridine rings is 1. The quantitative estimate of drug-likeness (QED) is 0.639. The van der Waals surface area contributed by atoms with E-state index in [0.717, 1.165) is 17.5 Å². The molecule has 1 aliphatic rings. The molecule has 0 spiro atoms. The second kappa shape index (κ2) is 9.04. The van der Waals surface area contributed by atoms with E-state index in [1.54, 1.807) is 24.4 Å². The number of aromatic nitrogens is 3. The molecule has 156 valence electrons. The standard InChI is InChI=1S/C22H24N4O4/c1-29-19-5-3-2-4-17(19)22-24-20(30-25-22)6-7-21(28)26-13-16(18(27)14-26)12-15-8-10-23-11-9-15/h2-5,8-11,16,18,27H,6-7,12-14H2,1H3/t16-,18-/m1/s1. The van der Waals surface area contributed by atoms with Crippen LogP contribution in [-0.2, 0) is 17.6 Å². The summed E-state index contributed by atoms with van der Waals surface area (Å²) in [6, 6.07) is 11.3. The lowest BCUT2D eigenvalue weighted by molar-refractivity contribution is -0.130. The van der Waals surface area contributed by atoms with Crippen molar-refractivity contribution in [2.45, 2.75) is 25.4 Å². The first-order valence-corrected chi connectivity index (χ1v) is 9.94. The fraction of sp³-hybridized carbons (Fsp3) is 0.364. The Balaban J connectivity index is 1.32. The van der Waals surface area contributed by atoms with Crippen molar-refractivity contribution in [3.63, 3.8) is 0 Å². The van der Waals surface area contributed by atoms with Crippen LogP contribution in [0.3, 0.4) is 0 Å². The van der Waals surface area contributed by atoms with Gasteiger partial charge in [-0.05, 0) is 36.2 Å². The molecule has 0 bridgehead atoms. The summed E-state index contributed by atoms with van der Waals surface area (Å²) >= 11 is 0. The lowest BCUT2D eigenvalue weighted by atomic mass is 9.97. The Morgan fingerprint density at radius 1 is 1.23 bits per heavy atom. The summed E-state index contributed by atoms with van der Waals surface area (Å²) in [6.07, 6.45) is 4.28. The maximum atomic E-state index is 12.6. The number of hydrogen-bond acceptors (Lipinski definition) is 7. The minimum atomic E-state index is -0.525. The summed E-state index contributed by atoms with van der Waals surface area (Å²) in [5.41, 5.74) is 1.85. The van der Waals surface area contributed by atoms with E-state index < -0.39 is 6.10 Å². The SMILES string of the molecule is COc1ccccc1-c1noc(CCC(=O)N2C[C@@H](Cc3ccncc3)[C@H](O)C2)n1. The van der Waals surface area contributed by atoms with Crippen LogP contribution in [-0.4, -0.2) is 57.3 Å². The van der Waals surface area contributed by atoms with Gasteiger partial charge in [-0.15, -0.1) is 0 Å². The van der Waals surface area contributed by atoms with Gasteiger partial charge in [-0.3, -0.25) is 9.78 Å². The minimum absolute atomic E-state index is 0.0247. The number of likely N-dealkylation sites (tertiary alicyclic amines) is 1. The maximum Gasteiger partial charge on any atom is 0.227 e. The van der Waals surface area contributed by atoms with Crippen LogP contribution in [0.4, 0.5) is 0 Å². The average molecular weight is 408 g/mol. The number of aryl methyl sites for hydroxylation is 1. The fourth-order valence-corrected chi connectivity index (χ4v) is 3.75. The number of aliphatic hydroxyl groups is 1. The highest BCUT2D eigenvalue weighted by atomic mass is 16.5. The van der Waals surface area contributed by atoms with Crippen molar-refractivity contribution in [3.8, 4) is 17.1 Å². The lowest BCUT2D eigenvalue weighted by Gasteiger charge is -2.15. The highest BCUT2D eigenvalue weighted by Crippen LogP contribution is 2.27. The Morgan fingerprint density at radius 3 is 2.83 bits per heavy atom. The van der Waals surface area contributed by atoms with Gasteiger partial charge in [0.25, 0.3) is 0 Å². The monoisotopic (exact) mass is 408 g/mol. The minimum Gasteiger partial charge on any atom is -0.496 e. The molecule has 1 fully saturated rings. The molecule has 1 amide bonds. The van der Waals surface area contributed by atoms with Gasteiger partial charge in [0.2, 0.25) is 17.6 Å². The lowest BCUT2D eigenvalue weighted by Crippen LogP contribution is -2.29. The second-order valence-electron chi connectivity index (χ2n) is 7.40. The zero-order valence-corrected chi connectivity index (χ0v) is 16.8. The van der Waals surface area contributed by atoms with Crippen molar-refractivity contribution < 1.29 is 19.2 Å². The van der Waals surface area contributed by atoms with Crippen molar-refractivity contribution in [3.05, 3.63) is 60.2 Å². The van der Waals surface area contributed by atoms with Crippen LogP contribution in [0.5, 0.6) is 5.75 Å².